The van der Waals surface area contributed by atoms with Gasteiger partial charge in [-0.25, -0.2) is 0 Å². The van der Waals surface area contributed by atoms with Crippen LogP contribution in [0.2, 0.25) is 0 Å². The molecule has 2 amide bonds. The molecule has 1 aliphatic rings. The SMILES string of the molecule is O=C(CCNc1ccc(C(F)(F)F)cc1[N+](=O)[O-])N1CCN(C(=O)c2ccccc2O)CC1. The zero-order valence-electron chi connectivity index (χ0n) is 17.3. The molecule has 1 fully saturated rings. The summed E-state index contributed by atoms with van der Waals surface area (Å²) in [6.45, 7) is 1.09. The average Bonchev–Trinajstić information content (AvgIpc) is 2.78. The van der Waals surface area contributed by atoms with Crippen LogP contribution < -0.4 is 5.32 Å². The van der Waals surface area contributed by atoms with E-state index in [0.29, 0.717) is 6.07 Å². The van der Waals surface area contributed by atoms with Crippen molar-refractivity contribution in [2.24, 2.45) is 0 Å². The molecular weight excluding hydrogens is 445 g/mol. The Balaban J connectivity index is 1.52. The first kappa shape index (κ1) is 23.8. The van der Waals surface area contributed by atoms with Gasteiger partial charge in [-0.05, 0) is 24.3 Å². The summed E-state index contributed by atoms with van der Waals surface area (Å²) in [5.41, 5.74) is -1.79. The minimum Gasteiger partial charge on any atom is -0.507 e. The highest BCUT2D eigenvalue weighted by molar-refractivity contribution is 5.97. The number of amides is 2. The molecule has 2 N–H and O–H groups in total. The number of nitrogens with zero attached hydrogens (tertiary/aromatic N) is 3. The van der Waals surface area contributed by atoms with Gasteiger partial charge in [-0.2, -0.15) is 13.2 Å². The van der Waals surface area contributed by atoms with E-state index in [0.717, 1.165) is 12.1 Å². The third-order valence-electron chi connectivity index (χ3n) is 5.23. The molecule has 0 aliphatic carbocycles. The van der Waals surface area contributed by atoms with E-state index in [9.17, 15) is 38.0 Å². The fraction of sp³-hybridized carbons (Fsp3) is 0.333. The van der Waals surface area contributed by atoms with Crippen molar-refractivity contribution in [3.05, 3.63) is 63.7 Å². The number of phenolic OH excluding ortho intramolecular Hbond substituents is 1. The Kier molecular flexibility index (Phi) is 7.04. The Morgan fingerprint density at radius 1 is 1.06 bits per heavy atom. The highest BCUT2D eigenvalue weighted by Crippen LogP contribution is 2.35. The summed E-state index contributed by atoms with van der Waals surface area (Å²) in [6.07, 6.45) is -4.74. The van der Waals surface area contributed by atoms with Gasteiger partial charge in [0, 0.05) is 45.2 Å². The number of piperazine rings is 1. The lowest BCUT2D eigenvalue weighted by molar-refractivity contribution is -0.384. The fourth-order valence-electron chi connectivity index (χ4n) is 3.45. The Morgan fingerprint density at radius 2 is 1.70 bits per heavy atom. The number of rotatable bonds is 6. The first-order chi connectivity index (χ1) is 15.6. The number of nitrogens with one attached hydrogen (secondary N) is 1. The van der Waals surface area contributed by atoms with Crippen molar-refractivity contribution < 1.29 is 32.8 Å². The second-order valence-corrected chi connectivity index (χ2v) is 7.35. The van der Waals surface area contributed by atoms with Gasteiger partial charge in [0.15, 0.2) is 0 Å². The second-order valence-electron chi connectivity index (χ2n) is 7.35. The van der Waals surface area contributed by atoms with Crippen LogP contribution in [-0.2, 0) is 11.0 Å². The molecule has 9 nitrogen and oxygen atoms in total. The third-order valence-corrected chi connectivity index (χ3v) is 5.23. The lowest BCUT2D eigenvalue weighted by Gasteiger charge is -2.35. The number of halogens is 3. The Bertz CT molecular complexity index is 1050. The Hall–Kier alpha value is -3.83. The summed E-state index contributed by atoms with van der Waals surface area (Å²) < 4.78 is 38.4. The van der Waals surface area contributed by atoms with Crippen molar-refractivity contribution in [2.75, 3.05) is 38.0 Å². The predicted molar refractivity (Wildman–Crippen MR) is 112 cm³/mol. The van der Waals surface area contributed by atoms with E-state index >= 15 is 0 Å². The molecule has 0 bridgehead atoms. The summed E-state index contributed by atoms with van der Waals surface area (Å²) in [6, 6.07) is 8.33. The van der Waals surface area contributed by atoms with E-state index in [1.807, 2.05) is 0 Å². The van der Waals surface area contributed by atoms with E-state index in [4.69, 9.17) is 0 Å². The quantitative estimate of drug-likeness (QED) is 0.499. The standard InChI is InChI=1S/C21H21F3N4O5/c22-21(23,24)14-5-6-16(17(13-14)28(32)33)25-8-7-19(30)26-9-11-27(12-10-26)20(31)15-3-1-2-4-18(15)29/h1-6,13,25,29H,7-12H2. The van der Waals surface area contributed by atoms with Crippen LogP contribution >= 0.6 is 0 Å². The number of anilines is 1. The topological polar surface area (TPSA) is 116 Å². The number of carbonyl (C=O) groups is 2. The molecule has 0 radical (unpaired) electrons. The van der Waals surface area contributed by atoms with Gasteiger partial charge < -0.3 is 20.2 Å². The van der Waals surface area contributed by atoms with Crippen LogP contribution in [0, 0.1) is 10.1 Å². The molecule has 176 valence electrons. The molecule has 2 aromatic rings. The van der Waals surface area contributed by atoms with Crippen LogP contribution in [0.15, 0.2) is 42.5 Å². The first-order valence-corrected chi connectivity index (χ1v) is 10.0. The van der Waals surface area contributed by atoms with Crippen LogP contribution in [0.4, 0.5) is 24.5 Å². The Labute approximate surface area is 186 Å². The predicted octanol–water partition coefficient (Wildman–Crippen LogP) is 3.11. The third kappa shape index (κ3) is 5.70. The number of phenols is 1. The average molecular weight is 466 g/mol. The molecule has 1 aliphatic heterocycles. The molecule has 12 heteroatoms. The van der Waals surface area contributed by atoms with Crippen LogP contribution in [0.3, 0.4) is 0 Å². The molecular formula is C21H21F3N4O5. The van der Waals surface area contributed by atoms with Crippen molar-refractivity contribution in [1.82, 2.24) is 9.80 Å². The van der Waals surface area contributed by atoms with Gasteiger partial charge in [0.05, 0.1) is 16.1 Å². The van der Waals surface area contributed by atoms with Gasteiger partial charge in [-0.3, -0.25) is 19.7 Å². The maximum atomic E-state index is 12.8. The summed E-state index contributed by atoms with van der Waals surface area (Å²) >= 11 is 0. The number of hydrogen-bond donors (Lipinski definition) is 2. The highest BCUT2D eigenvalue weighted by Gasteiger charge is 2.33. The fourth-order valence-corrected chi connectivity index (χ4v) is 3.45. The van der Waals surface area contributed by atoms with Crippen LogP contribution in [0.5, 0.6) is 5.75 Å². The molecule has 2 aromatic carbocycles. The number of carbonyl (C=O) groups excluding carboxylic acids is 2. The maximum Gasteiger partial charge on any atom is 0.416 e. The zero-order chi connectivity index (χ0) is 24.2. The van der Waals surface area contributed by atoms with Crippen molar-refractivity contribution in [3.63, 3.8) is 0 Å². The first-order valence-electron chi connectivity index (χ1n) is 10.0. The smallest absolute Gasteiger partial charge is 0.416 e. The van der Waals surface area contributed by atoms with Gasteiger partial charge in [-0.15, -0.1) is 0 Å². The van der Waals surface area contributed by atoms with Gasteiger partial charge >= 0.3 is 6.18 Å². The maximum absolute atomic E-state index is 12.8. The number of nitro groups is 1. The minimum atomic E-state index is -4.71. The monoisotopic (exact) mass is 466 g/mol. The number of para-hydroxylation sites is 1. The summed E-state index contributed by atoms with van der Waals surface area (Å²) in [4.78, 5) is 38.3. The molecule has 1 heterocycles. The largest absolute Gasteiger partial charge is 0.507 e. The molecule has 1 saturated heterocycles. The number of hydrogen-bond acceptors (Lipinski definition) is 6. The van der Waals surface area contributed by atoms with Crippen molar-refractivity contribution >= 4 is 23.2 Å². The number of aromatic hydroxyl groups is 1. The van der Waals surface area contributed by atoms with Gasteiger partial charge in [0.2, 0.25) is 5.91 Å². The van der Waals surface area contributed by atoms with E-state index in [1.54, 1.807) is 12.1 Å². The van der Waals surface area contributed by atoms with Gasteiger partial charge in [0.25, 0.3) is 11.6 Å². The minimum absolute atomic E-state index is 0.0118. The molecule has 0 atom stereocenters. The lowest BCUT2D eigenvalue weighted by atomic mass is 10.1. The van der Waals surface area contributed by atoms with Crippen molar-refractivity contribution in [2.45, 2.75) is 12.6 Å². The van der Waals surface area contributed by atoms with Gasteiger partial charge in [0.1, 0.15) is 11.4 Å². The number of benzene rings is 2. The molecule has 0 spiro atoms. The van der Waals surface area contributed by atoms with E-state index in [2.05, 4.69) is 5.32 Å². The van der Waals surface area contributed by atoms with E-state index in [-0.39, 0.29) is 68.0 Å². The van der Waals surface area contributed by atoms with Crippen LogP contribution in [0.25, 0.3) is 0 Å². The summed E-state index contributed by atoms with van der Waals surface area (Å²) in [5.74, 6) is -0.715. The molecule has 3 rings (SSSR count). The van der Waals surface area contributed by atoms with E-state index in [1.165, 1.54) is 21.9 Å². The van der Waals surface area contributed by atoms with E-state index < -0.39 is 22.4 Å². The molecule has 0 saturated carbocycles. The number of alkyl halides is 3. The summed E-state index contributed by atoms with van der Waals surface area (Å²) in [5, 5.41) is 23.6. The van der Waals surface area contributed by atoms with Crippen LogP contribution in [-0.4, -0.2) is 64.4 Å². The lowest BCUT2D eigenvalue weighted by Crippen LogP contribution is -2.50. The Morgan fingerprint density at radius 3 is 2.30 bits per heavy atom. The molecule has 0 unspecified atom stereocenters. The van der Waals surface area contributed by atoms with Gasteiger partial charge in [-0.1, -0.05) is 12.1 Å². The molecule has 0 aromatic heterocycles. The van der Waals surface area contributed by atoms with Crippen LogP contribution in [0.1, 0.15) is 22.3 Å². The zero-order valence-corrected chi connectivity index (χ0v) is 17.3. The summed E-state index contributed by atoms with van der Waals surface area (Å²) in [7, 11) is 0. The van der Waals surface area contributed by atoms with Crippen molar-refractivity contribution in [1.29, 1.82) is 0 Å². The number of nitro benzene ring substituents is 1. The second kappa shape index (κ2) is 9.76. The normalized spacial score (nSPS) is 14.2. The highest BCUT2D eigenvalue weighted by atomic mass is 19.4. The van der Waals surface area contributed by atoms with Crippen molar-refractivity contribution in [3.8, 4) is 5.75 Å². The molecule has 33 heavy (non-hydrogen) atoms.